The summed E-state index contributed by atoms with van der Waals surface area (Å²) >= 11 is 1.33. The van der Waals surface area contributed by atoms with Crippen molar-refractivity contribution < 1.29 is 4.79 Å². The number of nitrogens with one attached hydrogen (secondary N) is 2. The van der Waals surface area contributed by atoms with E-state index in [1.807, 2.05) is 13.8 Å². The Hall–Kier alpha value is -1.30. The van der Waals surface area contributed by atoms with Crippen molar-refractivity contribution in [3.05, 3.63) is 4.88 Å². The first-order valence-corrected chi connectivity index (χ1v) is 8.11. The summed E-state index contributed by atoms with van der Waals surface area (Å²) in [6.45, 7) is 6.30. The number of aromatic nitrogens is 1. The maximum absolute atomic E-state index is 12.3. The number of nitrogens with zero attached hydrogens (tertiary/aromatic N) is 1. The Morgan fingerprint density at radius 1 is 1.45 bits per heavy atom. The molecule has 20 heavy (non-hydrogen) atoms. The van der Waals surface area contributed by atoms with Crippen LogP contribution < -0.4 is 16.4 Å². The van der Waals surface area contributed by atoms with Crippen molar-refractivity contribution in [3.8, 4) is 0 Å². The van der Waals surface area contributed by atoms with Crippen LogP contribution >= 0.6 is 11.3 Å². The highest BCUT2D eigenvalue weighted by molar-refractivity contribution is 7.18. The van der Waals surface area contributed by atoms with Gasteiger partial charge in [0.05, 0.1) is 0 Å². The molecule has 0 aliphatic heterocycles. The molecule has 4 N–H and O–H groups in total. The Balaban J connectivity index is 1.99. The highest BCUT2D eigenvalue weighted by Gasteiger charge is 2.23. The summed E-state index contributed by atoms with van der Waals surface area (Å²) in [7, 11) is 0. The molecule has 1 fully saturated rings. The van der Waals surface area contributed by atoms with Gasteiger partial charge in [-0.3, -0.25) is 4.79 Å². The summed E-state index contributed by atoms with van der Waals surface area (Å²) in [5.41, 5.74) is 5.85. The molecule has 0 radical (unpaired) electrons. The van der Waals surface area contributed by atoms with Crippen LogP contribution in [0.4, 0.5) is 10.9 Å². The zero-order valence-corrected chi connectivity index (χ0v) is 13.2. The second-order valence-electron chi connectivity index (χ2n) is 5.97. The number of amides is 1. The molecule has 1 amide bonds. The van der Waals surface area contributed by atoms with Gasteiger partial charge in [-0.2, -0.15) is 0 Å². The van der Waals surface area contributed by atoms with E-state index < -0.39 is 0 Å². The van der Waals surface area contributed by atoms with Gasteiger partial charge in [0.1, 0.15) is 10.7 Å². The summed E-state index contributed by atoms with van der Waals surface area (Å²) < 4.78 is 0. The number of nitrogen functional groups attached to an aromatic ring is 1. The highest BCUT2D eigenvalue weighted by atomic mass is 32.1. The molecule has 0 spiro atoms. The van der Waals surface area contributed by atoms with Crippen LogP contribution in [0.1, 0.15) is 56.1 Å². The lowest BCUT2D eigenvalue weighted by molar-refractivity contribution is 0.0926. The predicted octanol–water partition coefficient (Wildman–Crippen LogP) is 2.85. The van der Waals surface area contributed by atoms with Gasteiger partial charge < -0.3 is 16.4 Å². The third-order valence-corrected chi connectivity index (χ3v) is 4.54. The summed E-state index contributed by atoms with van der Waals surface area (Å²) in [4.78, 5) is 17.0. The molecule has 2 atom stereocenters. The van der Waals surface area contributed by atoms with Crippen molar-refractivity contribution in [3.63, 3.8) is 0 Å². The number of nitrogens with two attached hydrogens (primary N) is 1. The molecule has 2 rings (SSSR count). The first kappa shape index (κ1) is 15.1. The molecule has 112 valence electrons. The monoisotopic (exact) mass is 296 g/mol. The Morgan fingerprint density at radius 2 is 2.20 bits per heavy atom. The number of rotatable bonds is 4. The van der Waals surface area contributed by atoms with E-state index in [4.69, 9.17) is 5.73 Å². The molecule has 6 heteroatoms. The Labute approximate surface area is 124 Å². The normalized spacial score (nSPS) is 22.8. The van der Waals surface area contributed by atoms with Crippen molar-refractivity contribution in [2.24, 2.45) is 5.92 Å². The van der Waals surface area contributed by atoms with Crippen LogP contribution in [0.3, 0.4) is 0 Å². The molecule has 0 saturated heterocycles. The zero-order chi connectivity index (χ0) is 14.7. The minimum atomic E-state index is -0.0871. The third-order valence-electron chi connectivity index (χ3n) is 3.54. The molecule has 1 aliphatic rings. The van der Waals surface area contributed by atoms with E-state index in [2.05, 4.69) is 22.5 Å². The molecule has 0 aromatic carbocycles. The Morgan fingerprint density at radius 3 is 2.85 bits per heavy atom. The zero-order valence-electron chi connectivity index (χ0n) is 12.4. The van der Waals surface area contributed by atoms with E-state index in [9.17, 15) is 4.79 Å². The van der Waals surface area contributed by atoms with Crippen molar-refractivity contribution >= 4 is 28.2 Å². The minimum absolute atomic E-state index is 0.0871. The lowest BCUT2D eigenvalue weighted by Crippen LogP contribution is -2.37. The van der Waals surface area contributed by atoms with Crippen molar-refractivity contribution in [2.75, 3.05) is 11.1 Å². The predicted molar refractivity (Wildman–Crippen MR) is 84.2 cm³/mol. The number of carbonyl (C=O) groups excluding carboxylic acids is 1. The second kappa shape index (κ2) is 6.43. The molecule has 1 heterocycles. The van der Waals surface area contributed by atoms with E-state index in [1.54, 1.807) is 0 Å². The number of thiazole rings is 1. The lowest BCUT2D eigenvalue weighted by Gasteiger charge is -2.27. The number of hydrogen-bond acceptors (Lipinski definition) is 5. The quantitative estimate of drug-likeness (QED) is 0.798. The fourth-order valence-corrected chi connectivity index (χ4v) is 3.55. The van der Waals surface area contributed by atoms with E-state index in [1.165, 1.54) is 24.2 Å². The van der Waals surface area contributed by atoms with Gasteiger partial charge in [-0.1, -0.05) is 31.1 Å². The SMILES string of the molecule is CC1CCCC(NC(=O)c2sc(NC(C)C)nc2N)C1. The topological polar surface area (TPSA) is 80.0 Å². The van der Waals surface area contributed by atoms with Gasteiger partial charge in [0.2, 0.25) is 0 Å². The maximum Gasteiger partial charge on any atom is 0.265 e. The van der Waals surface area contributed by atoms with Gasteiger partial charge in [-0.25, -0.2) is 4.98 Å². The van der Waals surface area contributed by atoms with Gasteiger partial charge in [0.15, 0.2) is 5.13 Å². The maximum atomic E-state index is 12.3. The fourth-order valence-electron chi connectivity index (χ4n) is 2.62. The largest absolute Gasteiger partial charge is 0.382 e. The molecular formula is C14H24N4OS. The van der Waals surface area contributed by atoms with E-state index in [0.29, 0.717) is 21.7 Å². The van der Waals surface area contributed by atoms with Gasteiger partial charge in [-0.15, -0.1) is 0 Å². The second-order valence-corrected chi connectivity index (χ2v) is 6.97. The molecule has 1 aliphatic carbocycles. The van der Waals surface area contributed by atoms with E-state index in [0.717, 1.165) is 12.8 Å². The summed E-state index contributed by atoms with van der Waals surface area (Å²) in [6.07, 6.45) is 4.56. The standard InChI is InChI=1S/C14H24N4OS/c1-8(2)16-14-18-12(15)11(20-14)13(19)17-10-6-4-5-9(3)7-10/h8-10H,4-7,15H2,1-3H3,(H,16,18)(H,17,19). The van der Waals surface area contributed by atoms with Crippen molar-refractivity contribution in [1.29, 1.82) is 0 Å². The van der Waals surface area contributed by atoms with Crippen LogP contribution in [-0.2, 0) is 0 Å². The number of anilines is 2. The third kappa shape index (κ3) is 3.85. The highest BCUT2D eigenvalue weighted by Crippen LogP contribution is 2.27. The lowest BCUT2D eigenvalue weighted by atomic mass is 9.87. The van der Waals surface area contributed by atoms with Gasteiger partial charge >= 0.3 is 0 Å². The fraction of sp³-hybridized carbons (Fsp3) is 0.714. The number of hydrogen-bond donors (Lipinski definition) is 3. The first-order valence-electron chi connectivity index (χ1n) is 7.29. The minimum Gasteiger partial charge on any atom is -0.382 e. The molecular weight excluding hydrogens is 272 g/mol. The first-order chi connectivity index (χ1) is 9.45. The molecule has 1 aromatic rings. The van der Waals surface area contributed by atoms with E-state index in [-0.39, 0.29) is 18.0 Å². The molecule has 1 saturated carbocycles. The molecule has 0 bridgehead atoms. The molecule has 2 unspecified atom stereocenters. The van der Waals surface area contributed by atoms with E-state index >= 15 is 0 Å². The Bertz CT molecular complexity index is 472. The molecule has 1 aromatic heterocycles. The average Bonchev–Trinajstić information content (AvgIpc) is 2.69. The van der Waals surface area contributed by atoms with Gasteiger partial charge in [-0.05, 0) is 32.6 Å². The van der Waals surface area contributed by atoms with Crippen LogP contribution in [0.2, 0.25) is 0 Å². The van der Waals surface area contributed by atoms with Crippen molar-refractivity contribution in [1.82, 2.24) is 10.3 Å². The van der Waals surface area contributed by atoms with Crippen LogP contribution in [0.25, 0.3) is 0 Å². The number of carbonyl (C=O) groups is 1. The van der Waals surface area contributed by atoms with Crippen LogP contribution in [0.15, 0.2) is 0 Å². The average molecular weight is 296 g/mol. The summed E-state index contributed by atoms with van der Waals surface area (Å²) in [6, 6.07) is 0.546. The smallest absolute Gasteiger partial charge is 0.265 e. The summed E-state index contributed by atoms with van der Waals surface area (Å²) in [5, 5.41) is 6.98. The Kier molecular flexibility index (Phi) is 4.86. The molecule has 5 nitrogen and oxygen atoms in total. The van der Waals surface area contributed by atoms with Crippen molar-refractivity contribution in [2.45, 2.75) is 58.5 Å². The summed E-state index contributed by atoms with van der Waals surface area (Å²) in [5.74, 6) is 0.918. The van der Waals surface area contributed by atoms with Crippen LogP contribution in [0, 0.1) is 5.92 Å². The van der Waals surface area contributed by atoms with Crippen LogP contribution in [-0.4, -0.2) is 23.0 Å². The van der Waals surface area contributed by atoms with Crippen LogP contribution in [0.5, 0.6) is 0 Å². The van der Waals surface area contributed by atoms with Gasteiger partial charge in [0, 0.05) is 12.1 Å². The van der Waals surface area contributed by atoms with Gasteiger partial charge in [0.25, 0.3) is 5.91 Å².